The third kappa shape index (κ3) is 3.30. The van der Waals surface area contributed by atoms with Gasteiger partial charge in [-0.15, -0.1) is 0 Å². The molecule has 0 amide bonds. The number of ketones is 1. The highest BCUT2D eigenvalue weighted by atomic mass is 16.5. The SMILES string of the molecule is O=C1CCCCC1CCC1CCCCO1. The Morgan fingerprint density at radius 2 is 1.93 bits per heavy atom. The fourth-order valence-electron chi connectivity index (χ4n) is 2.78. The molecule has 15 heavy (non-hydrogen) atoms. The zero-order valence-corrected chi connectivity index (χ0v) is 9.54. The van der Waals surface area contributed by atoms with Gasteiger partial charge in [0.05, 0.1) is 6.10 Å². The Bertz CT molecular complexity index is 207. The zero-order valence-electron chi connectivity index (χ0n) is 9.54. The van der Waals surface area contributed by atoms with E-state index in [2.05, 4.69) is 0 Å². The number of carbonyl (C=O) groups is 1. The molecule has 1 saturated heterocycles. The second-order valence-electron chi connectivity index (χ2n) is 4.97. The number of ether oxygens (including phenoxy) is 1. The predicted molar refractivity (Wildman–Crippen MR) is 59.8 cm³/mol. The fourth-order valence-corrected chi connectivity index (χ4v) is 2.78. The molecule has 0 radical (unpaired) electrons. The summed E-state index contributed by atoms with van der Waals surface area (Å²) in [7, 11) is 0. The average Bonchev–Trinajstić information content (AvgIpc) is 2.29. The summed E-state index contributed by atoms with van der Waals surface area (Å²) in [6.45, 7) is 0.934. The molecule has 1 saturated carbocycles. The first-order chi connectivity index (χ1) is 7.36. The smallest absolute Gasteiger partial charge is 0.135 e. The molecule has 0 aromatic heterocycles. The minimum atomic E-state index is 0.365. The lowest BCUT2D eigenvalue weighted by atomic mass is 9.84. The van der Waals surface area contributed by atoms with E-state index in [1.807, 2.05) is 0 Å². The van der Waals surface area contributed by atoms with Gasteiger partial charge in [0.15, 0.2) is 0 Å². The first kappa shape index (κ1) is 11.1. The van der Waals surface area contributed by atoms with E-state index in [1.54, 1.807) is 0 Å². The molecule has 2 nitrogen and oxygen atoms in total. The van der Waals surface area contributed by atoms with Crippen molar-refractivity contribution in [2.75, 3.05) is 6.61 Å². The van der Waals surface area contributed by atoms with E-state index < -0.39 is 0 Å². The van der Waals surface area contributed by atoms with Crippen molar-refractivity contribution < 1.29 is 9.53 Å². The van der Waals surface area contributed by atoms with Crippen LogP contribution in [0.1, 0.15) is 57.8 Å². The van der Waals surface area contributed by atoms with Gasteiger partial charge in [0, 0.05) is 18.9 Å². The van der Waals surface area contributed by atoms with Crippen LogP contribution in [0.4, 0.5) is 0 Å². The molecule has 0 N–H and O–H groups in total. The van der Waals surface area contributed by atoms with Gasteiger partial charge in [-0.3, -0.25) is 4.79 Å². The molecule has 1 aliphatic carbocycles. The van der Waals surface area contributed by atoms with Crippen LogP contribution in [-0.4, -0.2) is 18.5 Å². The second-order valence-corrected chi connectivity index (χ2v) is 4.97. The van der Waals surface area contributed by atoms with Crippen molar-refractivity contribution in [3.05, 3.63) is 0 Å². The van der Waals surface area contributed by atoms with Crippen LogP contribution in [0, 0.1) is 5.92 Å². The lowest BCUT2D eigenvalue weighted by Gasteiger charge is -2.26. The molecule has 1 heterocycles. The molecule has 0 spiro atoms. The number of hydrogen-bond acceptors (Lipinski definition) is 2. The van der Waals surface area contributed by atoms with Crippen molar-refractivity contribution in [3.8, 4) is 0 Å². The van der Waals surface area contributed by atoms with E-state index in [-0.39, 0.29) is 0 Å². The molecule has 0 bridgehead atoms. The van der Waals surface area contributed by atoms with Crippen molar-refractivity contribution in [1.82, 2.24) is 0 Å². The summed E-state index contributed by atoms with van der Waals surface area (Å²) in [6.07, 6.45) is 10.7. The number of Topliss-reactive ketones (excluding diaryl/α,β-unsaturated/α-hetero) is 1. The highest BCUT2D eigenvalue weighted by molar-refractivity contribution is 5.81. The average molecular weight is 210 g/mol. The molecule has 86 valence electrons. The Kier molecular flexibility index (Phi) is 4.18. The summed E-state index contributed by atoms with van der Waals surface area (Å²) in [5.41, 5.74) is 0. The number of carbonyl (C=O) groups excluding carboxylic acids is 1. The monoisotopic (exact) mass is 210 g/mol. The van der Waals surface area contributed by atoms with Gasteiger partial charge in [-0.05, 0) is 44.9 Å². The molecule has 2 rings (SSSR count). The van der Waals surface area contributed by atoms with Crippen molar-refractivity contribution in [2.45, 2.75) is 63.9 Å². The Morgan fingerprint density at radius 3 is 2.67 bits per heavy atom. The summed E-state index contributed by atoms with van der Waals surface area (Å²) in [5.74, 6) is 0.876. The maximum Gasteiger partial charge on any atom is 0.135 e. The van der Waals surface area contributed by atoms with Crippen LogP contribution in [0.3, 0.4) is 0 Å². The Morgan fingerprint density at radius 1 is 1.07 bits per heavy atom. The van der Waals surface area contributed by atoms with E-state index in [9.17, 15) is 4.79 Å². The van der Waals surface area contributed by atoms with Gasteiger partial charge in [-0.2, -0.15) is 0 Å². The van der Waals surface area contributed by atoms with Gasteiger partial charge in [0.1, 0.15) is 5.78 Å². The number of rotatable bonds is 3. The zero-order chi connectivity index (χ0) is 10.5. The van der Waals surface area contributed by atoms with Gasteiger partial charge < -0.3 is 4.74 Å². The topological polar surface area (TPSA) is 26.3 Å². The van der Waals surface area contributed by atoms with Gasteiger partial charge >= 0.3 is 0 Å². The van der Waals surface area contributed by atoms with Crippen LogP contribution in [0.15, 0.2) is 0 Å². The standard InChI is InChI=1S/C13H22O2/c14-13-7-2-1-5-11(13)8-9-12-6-3-4-10-15-12/h11-12H,1-10H2. The molecule has 2 aliphatic rings. The predicted octanol–water partition coefficient (Wildman–Crippen LogP) is 3.10. The van der Waals surface area contributed by atoms with E-state index in [1.165, 1.54) is 25.7 Å². The van der Waals surface area contributed by atoms with Crippen molar-refractivity contribution in [3.63, 3.8) is 0 Å². The lowest BCUT2D eigenvalue weighted by molar-refractivity contribution is -0.125. The number of hydrogen-bond donors (Lipinski definition) is 0. The first-order valence-electron chi connectivity index (χ1n) is 6.50. The van der Waals surface area contributed by atoms with E-state index >= 15 is 0 Å². The van der Waals surface area contributed by atoms with E-state index in [4.69, 9.17) is 4.74 Å². The van der Waals surface area contributed by atoms with E-state index in [0.717, 1.165) is 38.7 Å². The van der Waals surface area contributed by atoms with Gasteiger partial charge in [0.25, 0.3) is 0 Å². The molecule has 1 aliphatic heterocycles. The Hall–Kier alpha value is -0.370. The molecule has 2 atom stereocenters. The minimum Gasteiger partial charge on any atom is -0.378 e. The second kappa shape index (κ2) is 5.64. The maximum atomic E-state index is 11.6. The quantitative estimate of drug-likeness (QED) is 0.715. The molecule has 0 aromatic rings. The van der Waals surface area contributed by atoms with Gasteiger partial charge in [0.2, 0.25) is 0 Å². The highest BCUT2D eigenvalue weighted by Crippen LogP contribution is 2.27. The van der Waals surface area contributed by atoms with Crippen molar-refractivity contribution in [2.24, 2.45) is 5.92 Å². The van der Waals surface area contributed by atoms with Crippen molar-refractivity contribution >= 4 is 5.78 Å². The van der Waals surface area contributed by atoms with Crippen LogP contribution in [0.5, 0.6) is 0 Å². The third-order valence-corrected chi connectivity index (χ3v) is 3.79. The first-order valence-corrected chi connectivity index (χ1v) is 6.50. The largest absolute Gasteiger partial charge is 0.378 e. The minimum absolute atomic E-state index is 0.365. The highest BCUT2D eigenvalue weighted by Gasteiger charge is 2.23. The normalized spacial score (nSPS) is 32.9. The van der Waals surface area contributed by atoms with Gasteiger partial charge in [-0.1, -0.05) is 6.42 Å². The molecule has 2 fully saturated rings. The third-order valence-electron chi connectivity index (χ3n) is 3.79. The Labute approximate surface area is 92.4 Å². The summed E-state index contributed by atoms with van der Waals surface area (Å²) in [5, 5.41) is 0. The van der Waals surface area contributed by atoms with Gasteiger partial charge in [-0.25, -0.2) is 0 Å². The molecule has 2 unspecified atom stereocenters. The van der Waals surface area contributed by atoms with Crippen LogP contribution in [-0.2, 0) is 9.53 Å². The van der Waals surface area contributed by atoms with Crippen LogP contribution in [0.2, 0.25) is 0 Å². The van der Waals surface area contributed by atoms with Crippen molar-refractivity contribution in [1.29, 1.82) is 0 Å². The molecular weight excluding hydrogens is 188 g/mol. The summed E-state index contributed by atoms with van der Waals surface area (Å²) < 4.78 is 5.69. The summed E-state index contributed by atoms with van der Waals surface area (Å²) in [4.78, 5) is 11.6. The summed E-state index contributed by atoms with van der Waals surface area (Å²) in [6, 6.07) is 0. The van der Waals surface area contributed by atoms with E-state index in [0.29, 0.717) is 17.8 Å². The Balaban J connectivity index is 1.69. The van der Waals surface area contributed by atoms with Crippen LogP contribution in [0.25, 0.3) is 0 Å². The molecular formula is C13H22O2. The molecule has 0 aromatic carbocycles. The fraction of sp³-hybridized carbons (Fsp3) is 0.923. The molecule has 2 heteroatoms. The van der Waals surface area contributed by atoms with Crippen LogP contribution < -0.4 is 0 Å². The maximum absolute atomic E-state index is 11.6. The summed E-state index contributed by atoms with van der Waals surface area (Å²) >= 11 is 0. The lowest BCUT2D eigenvalue weighted by Crippen LogP contribution is -2.23. The van der Waals surface area contributed by atoms with Crippen LogP contribution >= 0.6 is 0 Å².